The van der Waals surface area contributed by atoms with Crippen LogP contribution in [0.1, 0.15) is 16.7 Å². The third-order valence-corrected chi connectivity index (χ3v) is 15.8. The Hall–Kier alpha value is -5.29. The number of hydrogen-bond donors (Lipinski definition) is 0. The van der Waals surface area contributed by atoms with Crippen LogP contribution in [0.2, 0.25) is 45.8 Å². The second-order valence-electron chi connectivity index (χ2n) is 17.6. The molecule has 6 aromatic carbocycles. The van der Waals surface area contributed by atoms with E-state index in [-0.39, 0.29) is 0 Å². The molecule has 0 saturated carbocycles. The Kier molecular flexibility index (Phi) is 9.10. The van der Waals surface area contributed by atoms with Gasteiger partial charge in [0.25, 0.3) is 0 Å². The molecule has 0 amide bonds. The molecule has 5 nitrogen and oxygen atoms in total. The molecule has 0 N–H and O–H groups in total. The minimum absolute atomic E-state index is 0.511. The lowest BCUT2D eigenvalue weighted by Crippen LogP contribution is -2.37. The summed E-state index contributed by atoms with van der Waals surface area (Å²) < 4.78 is 11.1. The van der Waals surface area contributed by atoms with E-state index in [4.69, 9.17) is 4.42 Å². The Balaban J connectivity index is 1.03. The third kappa shape index (κ3) is 6.59. The highest BCUT2D eigenvalue weighted by atomic mass is 28.3. The Morgan fingerprint density at radius 1 is 0.500 bits per heavy atom. The zero-order valence-corrected chi connectivity index (χ0v) is 37.1. The molecule has 0 fully saturated rings. The van der Waals surface area contributed by atoms with Crippen molar-refractivity contribution in [3.05, 3.63) is 138 Å². The maximum absolute atomic E-state index is 6.32. The van der Waals surface area contributed by atoms with Gasteiger partial charge in [0.05, 0.1) is 30.1 Å². The van der Waals surface area contributed by atoms with Crippen LogP contribution in [0.25, 0.3) is 77.9 Å². The van der Waals surface area contributed by atoms with Crippen molar-refractivity contribution in [1.29, 1.82) is 0 Å². The average Bonchev–Trinajstić information content (AvgIpc) is 3.87. The Morgan fingerprint density at radius 2 is 0.911 bits per heavy atom. The molecule has 0 aliphatic carbocycles. The maximum Gasteiger partial charge on any atom is 0.248 e. The van der Waals surface area contributed by atoms with Gasteiger partial charge in [-0.2, -0.15) is 0 Å². The summed E-state index contributed by atoms with van der Waals surface area (Å²) in [7, 11) is -2.95. The van der Waals surface area contributed by atoms with Crippen LogP contribution in [0.5, 0.6) is 0 Å². The molecule has 3 aromatic heterocycles. The fraction of sp³-hybridized carbons (Fsp3) is 0.208. The molecule has 0 unspecified atom stereocenters. The molecule has 0 spiro atoms. The first kappa shape index (κ1) is 36.4. The Morgan fingerprint density at radius 3 is 1.36 bits per heavy atom. The molecule has 0 atom stereocenters. The maximum atomic E-state index is 6.32. The summed E-state index contributed by atoms with van der Waals surface area (Å²) >= 11 is 0. The molecule has 3 heterocycles. The van der Waals surface area contributed by atoms with Crippen molar-refractivity contribution in [3.63, 3.8) is 0 Å². The number of fused-ring (bicyclic) bond motifs is 6. The van der Waals surface area contributed by atoms with E-state index in [0.29, 0.717) is 11.8 Å². The van der Waals surface area contributed by atoms with Gasteiger partial charge in [-0.05, 0) is 110 Å². The predicted octanol–water partition coefficient (Wildman–Crippen LogP) is 11.6. The van der Waals surface area contributed by atoms with Crippen molar-refractivity contribution in [1.82, 2.24) is 19.3 Å². The molecule has 0 radical (unpaired) electrons. The highest BCUT2D eigenvalue weighted by Gasteiger charge is 2.21. The first-order valence-corrected chi connectivity index (χ1v) is 29.8. The van der Waals surface area contributed by atoms with Gasteiger partial charge in [-0.25, -0.2) is 0 Å². The van der Waals surface area contributed by atoms with Gasteiger partial charge in [0.2, 0.25) is 11.8 Å². The highest BCUT2D eigenvalue weighted by molar-refractivity contribution is 6.88. The third-order valence-electron chi connectivity index (χ3n) is 11.1. The van der Waals surface area contributed by atoms with Gasteiger partial charge >= 0.3 is 0 Å². The largest absolute Gasteiger partial charge is 0.416 e. The first-order valence-electron chi connectivity index (χ1n) is 20.1. The van der Waals surface area contributed by atoms with Crippen molar-refractivity contribution in [2.75, 3.05) is 0 Å². The van der Waals surface area contributed by atoms with Crippen molar-refractivity contribution in [2.24, 2.45) is 0 Å². The molecule has 9 aromatic rings. The lowest BCUT2D eigenvalue weighted by molar-refractivity contribution is 0.584. The summed E-state index contributed by atoms with van der Waals surface area (Å²) in [6, 6.07) is 47.5. The van der Waals surface area contributed by atoms with Gasteiger partial charge in [-0.3, -0.25) is 0 Å². The average molecular weight is 783 g/mol. The lowest BCUT2D eigenvalue weighted by atomic mass is 10.1. The summed E-state index contributed by atoms with van der Waals surface area (Å²) in [5.41, 5.74) is 13.1. The van der Waals surface area contributed by atoms with E-state index >= 15 is 0 Å². The minimum Gasteiger partial charge on any atom is -0.416 e. The quantitative estimate of drug-likeness (QED) is 0.137. The lowest BCUT2D eigenvalue weighted by Gasteiger charge is -2.17. The summed E-state index contributed by atoms with van der Waals surface area (Å²) in [6.07, 6.45) is 0. The van der Waals surface area contributed by atoms with Gasteiger partial charge < -0.3 is 13.6 Å². The van der Waals surface area contributed by atoms with E-state index in [2.05, 4.69) is 193 Å². The van der Waals surface area contributed by atoms with Crippen LogP contribution < -0.4 is 5.19 Å². The fourth-order valence-corrected chi connectivity index (χ4v) is 12.0. The molecule has 0 aliphatic rings. The van der Waals surface area contributed by atoms with E-state index in [1.54, 1.807) is 0 Å². The van der Waals surface area contributed by atoms with Gasteiger partial charge in [0, 0.05) is 61.6 Å². The smallest absolute Gasteiger partial charge is 0.248 e. The molecule has 0 saturated heterocycles. The number of benzene rings is 6. The standard InChI is InChI=1S/C48H50N4OSi3/c1-31-9-21-43-39(25-31)40-26-32(29-54(2)3)10-22-44(40)51(43)36-16-12-34(13-17-36)47-49-50-48(53-47)35-14-18-37(19-15-35)52-45-23-11-33(30-55(4)5)27-41(45)42-28-38(56(6,7)8)20-24-46(42)52/h9-28,54-55H,29-30H2,1-8H3. The van der Waals surface area contributed by atoms with Crippen molar-refractivity contribution < 1.29 is 4.42 Å². The van der Waals surface area contributed by atoms with Crippen LogP contribution in [-0.2, 0) is 12.1 Å². The van der Waals surface area contributed by atoms with Gasteiger partial charge in [-0.15, -0.1) is 10.2 Å². The molecule has 0 bridgehead atoms. The van der Waals surface area contributed by atoms with Crippen molar-refractivity contribution in [2.45, 2.75) is 64.8 Å². The second-order valence-corrected chi connectivity index (χ2v) is 29.0. The molecule has 280 valence electrons. The number of aryl methyl sites for hydroxylation is 1. The summed E-state index contributed by atoms with van der Waals surface area (Å²) in [5, 5.41) is 15.8. The monoisotopic (exact) mass is 782 g/mol. The topological polar surface area (TPSA) is 48.8 Å². The molecule has 9 rings (SSSR count). The van der Waals surface area contributed by atoms with E-state index in [0.717, 1.165) is 22.5 Å². The van der Waals surface area contributed by atoms with Gasteiger partial charge in [-0.1, -0.05) is 98.0 Å². The summed E-state index contributed by atoms with van der Waals surface area (Å²) in [6.45, 7) is 19.2. The van der Waals surface area contributed by atoms with Crippen molar-refractivity contribution in [3.8, 4) is 34.3 Å². The van der Waals surface area contributed by atoms with Crippen LogP contribution >= 0.6 is 0 Å². The van der Waals surface area contributed by atoms with Crippen LogP contribution in [-0.4, -0.2) is 45.0 Å². The zero-order valence-electron chi connectivity index (χ0n) is 33.8. The van der Waals surface area contributed by atoms with Gasteiger partial charge in [0.15, 0.2) is 0 Å². The van der Waals surface area contributed by atoms with Crippen molar-refractivity contribution >= 4 is 74.5 Å². The normalized spacial score (nSPS) is 12.4. The predicted molar refractivity (Wildman–Crippen MR) is 247 cm³/mol. The van der Waals surface area contributed by atoms with Crippen LogP contribution in [0, 0.1) is 6.92 Å². The summed E-state index contributed by atoms with van der Waals surface area (Å²) in [4.78, 5) is 0. The SMILES string of the molecule is Cc1ccc2c(c1)c1cc(C[SiH](C)C)ccc1n2-c1ccc(-c2nnc(-c3ccc(-n4c5ccc(C[SiH](C)C)cc5c5cc([Si](C)(C)C)ccc54)cc3)o2)cc1. The van der Waals surface area contributed by atoms with Crippen LogP contribution in [0.4, 0.5) is 0 Å². The molecular formula is C48H50N4OSi3. The van der Waals surface area contributed by atoms with Crippen LogP contribution in [0.3, 0.4) is 0 Å². The van der Waals surface area contributed by atoms with Crippen LogP contribution in [0.15, 0.2) is 126 Å². The first-order chi connectivity index (χ1) is 26.9. The molecule has 8 heteroatoms. The number of hydrogen-bond acceptors (Lipinski definition) is 3. The number of nitrogens with zero attached hydrogens (tertiary/aromatic N) is 4. The zero-order chi connectivity index (χ0) is 38.9. The Labute approximate surface area is 333 Å². The Bertz CT molecular complexity index is 2910. The second kappa shape index (κ2) is 14.0. The highest BCUT2D eigenvalue weighted by Crippen LogP contribution is 2.36. The molecule has 56 heavy (non-hydrogen) atoms. The van der Waals surface area contributed by atoms with E-state index < -0.39 is 25.7 Å². The number of rotatable bonds is 9. The molecule has 0 aliphatic heterocycles. The van der Waals surface area contributed by atoms with E-state index in [1.807, 2.05) is 0 Å². The fourth-order valence-electron chi connectivity index (χ4n) is 8.44. The van der Waals surface area contributed by atoms with E-state index in [1.165, 1.54) is 77.6 Å². The summed E-state index contributed by atoms with van der Waals surface area (Å²) in [5.74, 6) is 1.02. The minimum atomic E-state index is -1.48. The van der Waals surface area contributed by atoms with E-state index in [9.17, 15) is 0 Å². The van der Waals surface area contributed by atoms with Gasteiger partial charge in [0.1, 0.15) is 0 Å². The number of aromatic nitrogens is 4. The molecular weight excluding hydrogens is 733 g/mol.